The molecule has 202 valence electrons. The number of carbonyl (C=O) groups excluding carboxylic acids is 1. The Labute approximate surface area is 235 Å². The van der Waals surface area contributed by atoms with Gasteiger partial charge in [0.25, 0.3) is 5.56 Å². The van der Waals surface area contributed by atoms with Crippen LogP contribution in [0.5, 0.6) is 17.2 Å². The molecule has 0 saturated carbocycles. The lowest BCUT2D eigenvalue weighted by Crippen LogP contribution is -2.21. The number of aromatic nitrogens is 2. The van der Waals surface area contributed by atoms with Gasteiger partial charge in [0, 0.05) is 12.5 Å². The van der Waals surface area contributed by atoms with Crippen LogP contribution in [0.4, 0.5) is 0 Å². The summed E-state index contributed by atoms with van der Waals surface area (Å²) in [7, 11) is 1.48. The maximum atomic E-state index is 13.7. The van der Waals surface area contributed by atoms with Crippen LogP contribution < -0.4 is 19.8 Å². The van der Waals surface area contributed by atoms with Crippen molar-refractivity contribution in [2.45, 2.75) is 40.5 Å². The predicted molar refractivity (Wildman–Crippen MR) is 156 cm³/mol. The molecular weight excluding hydrogens is 562 g/mol. The lowest BCUT2D eigenvalue weighted by Gasteiger charge is -2.18. The Morgan fingerprint density at radius 1 is 1.15 bits per heavy atom. The first-order valence-corrected chi connectivity index (χ1v) is 13.3. The number of halogens is 1. The van der Waals surface area contributed by atoms with E-state index in [-0.39, 0.29) is 17.2 Å². The molecule has 0 amide bonds. The second-order valence-electron chi connectivity index (χ2n) is 9.23. The molecule has 0 unspecified atom stereocenters. The molecule has 1 aromatic heterocycles. The summed E-state index contributed by atoms with van der Waals surface area (Å²) in [5, 5.41) is 5.04. The monoisotopic (exact) mass is 591 g/mol. The van der Waals surface area contributed by atoms with Gasteiger partial charge in [-0.05, 0) is 88.8 Å². The number of carbonyl (C=O) groups is 1. The molecule has 0 saturated heterocycles. The Balaban J connectivity index is 1.93. The van der Waals surface area contributed by atoms with E-state index in [1.54, 1.807) is 30.5 Å². The van der Waals surface area contributed by atoms with Gasteiger partial charge in [-0.3, -0.25) is 9.59 Å². The first-order valence-electron chi connectivity index (χ1n) is 12.5. The van der Waals surface area contributed by atoms with Crippen LogP contribution in [0.2, 0.25) is 0 Å². The van der Waals surface area contributed by atoms with E-state index in [0.717, 1.165) is 22.4 Å². The van der Waals surface area contributed by atoms with E-state index in [4.69, 9.17) is 19.2 Å². The number of esters is 1. The third-order valence-electron chi connectivity index (χ3n) is 6.09. The van der Waals surface area contributed by atoms with Gasteiger partial charge in [-0.2, -0.15) is 9.78 Å². The molecule has 0 atom stereocenters. The van der Waals surface area contributed by atoms with Crippen LogP contribution in [-0.4, -0.2) is 35.6 Å². The average molecular weight is 592 g/mol. The number of hydrogen-bond donors (Lipinski definition) is 0. The van der Waals surface area contributed by atoms with Crippen LogP contribution >= 0.6 is 15.9 Å². The van der Waals surface area contributed by atoms with Gasteiger partial charge in [0.2, 0.25) is 0 Å². The smallest absolute Gasteiger partial charge is 0.308 e. The normalized spacial score (nSPS) is 11.4. The molecule has 3 aromatic carbocycles. The maximum Gasteiger partial charge on any atom is 0.308 e. The molecule has 39 heavy (non-hydrogen) atoms. The number of fused-ring (bicyclic) bond motifs is 1. The van der Waals surface area contributed by atoms with E-state index in [1.807, 2.05) is 38.1 Å². The third-order valence-corrected chi connectivity index (χ3v) is 6.68. The van der Waals surface area contributed by atoms with Gasteiger partial charge in [-0.15, -0.1) is 0 Å². The summed E-state index contributed by atoms with van der Waals surface area (Å²) < 4.78 is 18.4. The minimum atomic E-state index is -0.472. The lowest BCUT2D eigenvalue weighted by atomic mass is 9.96. The Bertz CT molecular complexity index is 1640. The predicted octanol–water partition coefficient (Wildman–Crippen LogP) is 6.47. The second-order valence-corrected chi connectivity index (χ2v) is 10.1. The Morgan fingerprint density at radius 2 is 1.90 bits per heavy atom. The van der Waals surface area contributed by atoms with Gasteiger partial charge in [0.1, 0.15) is 5.75 Å². The molecule has 0 bridgehead atoms. The molecule has 0 fully saturated rings. The molecule has 0 spiro atoms. The van der Waals surface area contributed by atoms with Crippen LogP contribution in [0.3, 0.4) is 0 Å². The number of methoxy groups -OCH3 is 1. The quantitative estimate of drug-likeness (QED) is 0.132. The first-order chi connectivity index (χ1) is 18.6. The number of hydrogen-bond acceptors (Lipinski definition) is 7. The molecule has 4 rings (SSSR count). The topological polar surface area (TPSA) is 92.0 Å². The Hall–Kier alpha value is -3.98. The number of para-hydroxylation sites is 1. The van der Waals surface area contributed by atoms with Gasteiger partial charge in [0.05, 0.1) is 35.3 Å². The highest BCUT2D eigenvalue weighted by atomic mass is 79.9. The average Bonchev–Trinajstić information content (AvgIpc) is 2.89. The molecule has 0 aliphatic rings. The molecule has 0 aliphatic carbocycles. The number of nitrogens with zero attached hydrogens (tertiary/aromatic N) is 3. The first kappa shape index (κ1) is 28.0. The van der Waals surface area contributed by atoms with Gasteiger partial charge >= 0.3 is 5.97 Å². The second kappa shape index (κ2) is 11.8. The Kier molecular flexibility index (Phi) is 8.50. The summed E-state index contributed by atoms with van der Waals surface area (Å²) in [4.78, 5) is 30.1. The van der Waals surface area contributed by atoms with Gasteiger partial charge in [0.15, 0.2) is 17.3 Å². The van der Waals surface area contributed by atoms with Crippen molar-refractivity contribution in [1.82, 2.24) is 9.66 Å². The summed E-state index contributed by atoms with van der Waals surface area (Å²) >= 11 is 3.43. The minimum Gasteiger partial charge on any atom is -0.494 e. The lowest BCUT2D eigenvalue weighted by molar-refractivity contribution is -0.132. The SMILES string of the molecule is CCOc1cc(C)c(-c2nc3ccccc3c(=O)n2N=Cc2cc(Br)c(OC(C)=O)c(OC)c2)cc1C(C)C. The summed E-state index contributed by atoms with van der Waals surface area (Å²) in [5.74, 6) is 1.56. The van der Waals surface area contributed by atoms with Crippen molar-refractivity contribution in [1.29, 1.82) is 0 Å². The van der Waals surface area contributed by atoms with Crippen molar-refractivity contribution in [2.75, 3.05) is 13.7 Å². The largest absolute Gasteiger partial charge is 0.494 e. The van der Waals surface area contributed by atoms with Crippen molar-refractivity contribution in [3.05, 3.63) is 80.0 Å². The molecule has 0 N–H and O–H groups in total. The standard InChI is InChI=1S/C30H30BrN3O5/c1-7-38-26-12-18(4)23(15-22(26)17(2)3)29-33-25-11-9-8-10-21(25)30(36)34(29)32-16-20-13-24(31)28(39-19(5)35)27(14-20)37-6/h8-17H,7H2,1-6H3. The van der Waals surface area contributed by atoms with Crippen molar-refractivity contribution in [3.8, 4) is 28.6 Å². The zero-order chi connectivity index (χ0) is 28.3. The number of rotatable bonds is 8. The van der Waals surface area contributed by atoms with E-state index in [0.29, 0.717) is 39.1 Å². The van der Waals surface area contributed by atoms with E-state index in [1.165, 1.54) is 18.7 Å². The molecule has 9 heteroatoms. The Morgan fingerprint density at radius 3 is 2.56 bits per heavy atom. The van der Waals surface area contributed by atoms with E-state index in [9.17, 15) is 9.59 Å². The van der Waals surface area contributed by atoms with Gasteiger partial charge < -0.3 is 14.2 Å². The molecule has 0 aliphatic heterocycles. The fraction of sp³-hybridized carbons (Fsp3) is 0.267. The molecule has 4 aromatic rings. The van der Waals surface area contributed by atoms with Gasteiger partial charge in [-0.1, -0.05) is 26.0 Å². The zero-order valence-electron chi connectivity index (χ0n) is 22.7. The van der Waals surface area contributed by atoms with Crippen molar-refractivity contribution in [2.24, 2.45) is 5.10 Å². The van der Waals surface area contributed by atoms with E-state index >= 15 is 0 Å². The van der Waals surface area contributed by atoms with Crippen LogP contribution in [0.1, 0.15) is 50.3 Å². The molecule has 0 radical (unpaired) electrons. The number of ether oxygens (including phenoxy) is 3. The van der Waals surface area contributed by atoms with E-state index in [2.05, 4.69) is 34.9 Å². The summed E-state index contributed by atoms with van der Waals surface area (Å²) in [6.07, 6.45) is 1.54. The summed E-state index contributed by atoms with van der Waals surface area (Å²) in [6, 6.07) is 14.6. The fourth-order valence-electron chi connectivity index (χ4n) is 4.26. The number of aryl methyl sites for hydroxylation is 1. The van der Waals surface area contributed by atoms with Crippen LogP contribution in [0.25, 0.3) is 22.3 Å². The maximum absolute atomic E-state index is 13.7. The summed E-state index contributed by atoms with van der Waals surface area (Å²) in [6.45, 7) is 9.98. The third kappa shape index (κ3) is 5.88. The zero-order valence-corrected chi connectivity index (χ0v) is 24.3. The highest BCUT2D eigenvalue weighted by molar-refractivity contribution is 9.10. The highest BCUT2D eigenvalue weighted by Crippen LogP contribution is 2.37. The molecular formula is C30H30BrN3O5. The summed E-state index contributed by atoms with van der Waals surface area (Å²) in [5.41, 5.74) is 3.61. The van der Waals surface area contributed by atoms with E-state index < -0.39 is 5.97 Å². The van der Waals surface area contributed by atoms with Crippen LogP contribution in [0.15, 0.2) is 62.9 Å². The van der Waals surface area contributed by atoms with Crippen LogP contribution in [0, 0.1) is 6.92 Å². The molecule has 8 nitrogen and oxygen atoms in total. The van der Waals surface area contributed by atoms with Crippen molar-refractivity contribution < 1.29 is 19.0 Å². The molecule has 1 heterocycles. The highest BCUT2D eigenvalue weighted by Gasteiger charge is 2.19. The van der Waals surface area contributed by atoms with Crippen molar-refractivity contribution in [3.63, 3.8) is 0 Å². The fourth-order valence-corrected chi connectivity index (χ4v) is 4.80. The van der Waals surface area contributed by atoms with Crippen LogP contribution in [-0.2, 0) is 4.79 Å². The number of benzene rings is 3. The van der Waals surface area contributed by atoms with Crippen molar-refractivity contribution >= 4 is 39.0 Å². The van der Waals surface area contributed by atoms with Gasteiger partial charge in [-0.25, -0.2) is 4.98 Å². The minimum absolute atomic E-state index is 0.190.